The molecule has 2 aromatic carbocycles. The average Bonchev–Trinajstić information content (AvgIpc) is 3.00. The minimum Gasteiger partial charge on any atom is -0.534 e. The first-order chi connectivity index (χ1) is 20.5. The Bertz CT molecular complexity index is 1430. The third kappa shape index (κ3) is 6.13. The van der Waals surface area contributed by atoms with E-state index in [1.807, 2.05) is 0 Å². The highest BCUT2D eigenvalue weighted by Crippen LogP contribution is 2.40. The normalized spacial score (nSPS) is 17.0. The van der Waals surface area contributed by atoms with E-state index in [0.717, 1.165) is 4.90 Å². The van der Waals surface area contributed by atoms with Crippen LogP contribution in [-0.4, -0.2) is 104 Å². The van der Waals surface area contributed by atoms with Gasteiger partial charge in [-0.2, -0.15) is 0 Å². The number of rotatable bonds is 9. The minimum atomic E-state index is -1.63. The lowest BCUT2D eigenvalue weighted by Crippen LogP contribution is -2.60. The van der Waals surface area contributed by atoms with Crippen LogP contribution in [0.5, 0.6) is 23.0 Å². The van der Waals surface area contributed by atoms with E-state index in [-0.39, 0.29) is 53.6 Å². The number of para-hydroxylation sites is 1. The summed E-state index contributed by atoms with van der Waals surface area (Å²) >= 11 is 0. The van der Waals surface area contributed by atoms with Crippen LogP contribution in [0.1, 0.15) is 34.5 Å². The Morgan fingerprint density at radius 2 is 1.74 bits per heavy atom. The van der Waals surface area contributed by atoms with Gasteiger partial charge in [-0.3, -0.25) is 19.3 Å². The number of likely N-dealkylation sites (N-methyl/N-ethyl adjacent to an activating group) is 1. The number of ether oxygens (including phenoxy) is 3. The fourth-order valence-electron chi connectivity index (χ4n) is 4.92. The van der Waals surface area contributed by atoms with Gasteiger partial charge in [-0.05, 0) is 42.7 Å². The molecule has 0 radical (unpaired) electrons. The largest absolute Gasteiger partial charge is 0.547 e. The molecule has 1 fully saturated rings. The average molecular weight is 598 g/mol. The predicted octanol–water partition coefficient (Wildman–Crippen LogP) is -0.00840. The maximum atomic E-state index is 13.8. The summed E-state index contributed by atoms with van der Waals surface area (Å²) in [5.41, 5.74) is 0.444. The van der Waals surface area contributed by atoms with Crippen LogP contribution in [0, 0.1) is 0 Å². The number of hydrogen-bond donors (Lipinski definition) is 4. The molecule has 4 N–H and O–H groups in total. The van der Waals surface area contributed by atoms with Gasteiger partial charge < -0.3 is 44.5 Å². The molecule has 43 heavy (non-hydrogen) atoms. The van der Waals surface area contributed by atoms with Crippen molar-refractivity contribution in [2.24, 2.45) is 0 Å². The Kier molecular flexibility index (Phi) is 9.29. The fraction of sp³-hybridized carbons (Fsp3) is 0.370. The number of methoxy groups -OCH3 is 3. The van der Waals surface area contributed by atoms with Gasteiger partial charge >= 0.3 is 30.9 Å². The first-order valence-corrected chi connectivity index (χ1v) is 13.3. The van der Waals surface area contributed by atoms with E-state index in [0.29, 0.717) is 12.1 Å². The summed E-state index contributed by atoms with van der Waals surface area (Å²) < 4.78 is 21.6. The highest BCUT2D eigenvalue weighted by molar-refractivity contribution is 6.47. The van der Waals surface area contributed by atoms with Crippen molar-refractivity contribution in [2.45, 2.75) is 25.3 Å². The van der Waals surface area contributed by atoms with Crippen molar-refractivity contribution in [1.29, 1.82) is 0 Å². The SMILES string of the molecule is CCN1CCN(C(=O)NC(C(=O)N[C@H]2Cc3cccc(C(=O)O)c3OB2O)c2cc(OC)c(OC)c(OC)c2)C(=O)C1=O. The van der Waals surface area contributed by atoms with Gasteiger partial charge in [0.15, 0.2) is 11.5 Å². The monoisotopic (exact) mass is 598 g/mol. The number of urea groups is 1. The topological polar surface area (TPSA) is 193 Å². The van der Waals surface area contributed by atoms with Gasteiger partial charge in [-0.25, -0.2) is 9.59 Å². The number of carbonyl (C=O) groups is 5. The lowest BCUT2D eigenvalue weighted by atomic mass is 9.72. The van der Waals surface area contributed by atoms with Crippen molar-refractivity contribution < 1.29 is 53.0 Å². The van der Waals surface area contributed by atoms with Gasteiger partial charge in [0.25, 0.3) is 0 Å². The maximum Gasteiger partial charge on any atom is 0.547 e. The fourth-order valence-corrected chi connectivity index (χ4v) is 4.92. The number of piperazine rings is 1. The number of imide groups is 1. The molecule has 16 heteroatoms. The smallest absolute Gasteiger partial charge is 0.534 e. The van der Waals surface area contributed by atoms with Crippen molar-refractivity contribution >= 4 is 36.8 Å². The van der Waals surface area contributed by atoms with Crippen molar-refractivity contribution in [1.82, 2.24) is 20.4 Å². The molecule has 5 amide bonds. The second-order valence-corrected chi connectivity index (χ2v) is 9.61. The number of hydrogen-bond acceptors (Lipinski definition) is 10. The van der Waals surface area contributed by atoms with E-state index in [1.165, 1.54) is 50.5 Å². The number of carboxylic acids is 1. The number of benzene rings is 2. The summed E-state index contributed by atoms with van der Waals surface area (Å²) in [5, 5.41) is 25.3. The van der Waals surface area contributed by atoms with E-state index in [1.54, 1.807) is 13.0 Å². The van der Waals surface area contributed by atoms with E-state index < -0.39 is 48.8 Å². The van der Waals surface area contributed by atoms with Crippen LogP contribution in [0.2, 0.25) is 0 Å². The molecular weight excluding hydrogens is 567 g/mol. The minimum absolute atomic E-state index is 0.00520. The molecule has 4 rings (SSSR count). The zero-order chi connectivity index (χ0) is 31.4. The van der Waals surface area contributed by atoms with Crippen molar-refractivity contribution in [3.63, 3.8) is 0 Å². The molecule has 0 saturated carbocycles. The second kappa shape index (κ2) is 12.9. The predicted molar refractivity (Wildman–Crippen MR) is 149 cm³/mol. The Labute approximate surface area is 246 Å². The summed E-state index contributed by atoms with van der Waals surface area (Å²) in [7, 11) is 2.49. The molecular formula is C27H31BN4O11. The van der Waals surface area contributed by atoms with Crippen LogP contribution < -0.4 is 29.5 Å². The molecule has 2 aliphatic heterocycles. The first kappa shape index (κ1) is 31.0. The van der Waals surface area contributed by atoms with Gasteiger partial charge in [0.2, 0.25) is 11.7 Å². The zero-order valence-corrected chi connectivity index (χ0v) is 23.9. The summed E-state index contributed by atoms with van der Waals surface area (Å²) in [5.74, 6) is -4.47. The van der Waals surface area contributed by atoms with Crippen molar-refractivity contribution in [3.8, 4) is 23.0 Å². The third-order valence-electron chi connectivity index (χ3n) is 7.16. The van der Waals surface area contributed by atoms with Crippen LogP contribution in [0.15, 0.2) is 30.3 Å². The standard InChI is InChI=1S/C27H31BN4O11/c1-5-31-9-10-32(25(35)24(31)34)27(38)30-20(15-11-17(40-2)22(42-4)18(12-15)41-3)23(33)29-19-13-14-7-6-8-16(26(36)37)21(14)43-28(19)39/h6-8,11-12,19-20,39H,5,9-10,13H2,1-4H3,(H,29,33)(H,30,38)(H,36,37)/t19-,20?/m0/s1. The Morgan fingerprint density at radius 1 is 1.07 bits per heavy atom. The summed E-state index contributed by atoms with van der Waals surface area (Å²) in [4.78, 5) is 65.8. The molecule has 0 spiro atoms. The number of fused-ring (bicyclic) bond motifs is 1. The number of amides is 5. The van der Waals surface area contributed by atoms with Crippen molar-refractivity contribution in [2.75, 3.05) is 41.0 Å². The second-order valence-electron chi connectivity index (χ2n) is 9.61. The highest BCUT2D eigenvalue weighted by Gasteiger charge is 2.41. The Morgan fingerprint density at radius 3 is 2.33 bits per heavy atom. The first-order valence-electron chi connectivity index (χ1n) is 13.3. The van der Waals surface area contributed by atoms with Gasteiger partial charge in [-0.15, -0.1) is 0 Å². The Hall–Kier alpha value is -4.99. The summed E-state index contributed by atoms with van der Waals surface area (Å²) in [6, 6.07) is 4.80. The van der Waals surface area contributed by atoms with Crippen LogP contribution >= 0.6 is 0 Å². The molecule has 15 nitrogen and oxygen atoms in total. The maximum absolute atomic E-state index is 13.8. The molecule has 2 atom stereocenters. The van der Waals surface area contributed by atoms with Crippen LogP contribution in [0.25, 0.3) is 0 Å². The van der Waals surface area contributed by atoms with Crippen LogP contribution in [-0.2, 0) is 20.8 Å². The van der Waals surface area contributed by atoms with Gasteiger partial charge in [-0.1, -0.05) is 12.1 Å². The van der Waals surface area contributed by atoms with Gasteiger partial charge in [0.1, 0.15) is 11.8 Å². The third-order valence-corrected chi connectivity index (χ3v) is 7.16. The van der Waals surface area contributed by atoms with E-state index in [4.69, 9.17) is 18.9 Å². The summed E-state index contributed by atoms with van der Waals surface area (Å²) in [6.45, 7) is 2.03. The molecule has 0 aliphatic carbocycles. The number of carbonyl (C=O) groups excluding carboxylic acids is 4. The van der Waals surface area contributed by atoms with Crippen molar-refractivity contribution in [3.05, 3.63) is 47.0 Å². The molecule has 0 bridgehead atoms. The molecule has 2 aromatic rings. The molecule has 228 valence electrons. The molecule has 2 aliphatic rings. The van der Waals surface area contributed by atoms with Gasteiger partial charge in [0, 0.05) is 19.6 Å². The summed E-state index contributed by atoms with van der Waals surface area (Å²) in [6.07, 6.45) is 0.00520. The molecule has 0 aromatic heterocycles. The van der Waals surface area contributed by atoms with E-state index in [2.05, 4.69) is 10.6 Å². The Balaban J connectivity index is 1.66. The number of nitrogens with one attached hydrogen (secondary N) is 2. The highest BCUT2D eigenvalue weighted by atomic mass is 16.5. The van der Waals surface area contributed by atoms with E-state index in [9.17, 15) is 34.1 Å². The lowest BCUT2D eigenvalue weighted by molar-refractivity contribution is -0.153. The number of aromatic carboxylic acids is 1. The molecule has 1 saturated heterocycles. The van der Waals surface area contributed by atoms with E-state index >= 15 is 0 Å². The number of carboxylic acid groups (broad SMARTS) is 1. The number of nitrogens with zero attached hydrogens (tertiary/aromatic N) is 2. The zero-order valence-electron chi connectivity index (χ0n) is 23.9. The molecule has 1 unspecified atom stereocenters. The van der Waals surface area contributed by atoms with Crippen LogP contribution in [0.4, 0.5) is 4.79 Å². The van der Waals surface area contributed by atoms with Crippen LogP contribution in [0.3, 0.4) is 0 Å². The van der Waals surface area contributed by atoms with Gasteiger partial charge in [0.05, 0.1) is 32.8 Å². The quantitative estimate of drug-likeness (QED) is 0.224. The molecule has 2 heterocycles. The lowest BCUT2D eigenvalue weighted by Gasteiger charge is -2.33.